The van der Waals surface area contributed by atoms with Gasteiger partial charge in [0.2, 0.25) is 4.96 Å². The van der Waals surface area contributed by atoms with Gasteiger partial charge in [0, 0.05) is 10.6 Å². The highest BCUT2D eigenvalue weighted by Gasteiger charge is 2.14. The van der Waals surface area contributed by atoms with Crippen LogP contribution in [0.2, 0.25) is 10.0 Å². The van der Waals surface area contributed by atoms with Crippen LogP contribution in [0, 0.1) is 5.82 Å². The largest absolute Gasteiger partial charge is 0.291 e. The summed E-state index contributed by atoms with van der Waals surface area (Å²) < 4.78 is 14.9. The number of nitrogens with zero attached hydrogens (tertiary/aromatic N) is 3. The summed E-state index contributed by atoms with van der Waals surface area (Å²) in [5.41, 5.74) is 0.882. The van der Waals surface area contributed by atoms with Crippen molar-refractivity contribution in [3.05, 3.63) is 78.8 Å². The van der Waals surface area contributed by atoms with E-state index in [1.165, 1.54) is 28.0 Å². The quantitative estimate of drug-likeness (QED) is 0.521. The summed E-state index contributed by atoms with van der Waals surface area (Å²) in [7, 11) is 0. The number of aromatic nitrogens is 3. The van der Waals surface area contributed by atoms with E-state index in [1.807, 2.05) is 0 Å². The first-order chi connectivity index (χ1) is 12.0. The molecule has 0 N–H and O–H groups in total. The van der Waals surface area contributed by atoms with Crippen LogP contribution in [0.15, 0.2) is 47.3 Å². The molecule has 0 amide bonds. The van der Waals surface area contributed by atoms with Crippen LogP contribution in [0.4, 0.5) is 4.39 Å². The second-order valence-corrected chi connectivity index (χ2v) is 7.08. The Morgan fingerprint density at radius 2 is 2.00 bits per heavy atom. The maximum absolute atomic E-state index is 13.3. The zero-order valence-electron chi connectivity index (χ0n) is 12.4. The molecule has 2 heterocycles. The molecule has 4 rings (SSSR count). The van der Waals surface area contributed by atoms with Gasteiger partial charge in [-0.05, 0) is 42.0 Å². The molecule has 4 nitrogen and oxygen atoms in total. The lowest BCUT2D eigenvalue weighted by Crippen LogP contribution is -2.23. The van der Waals surface area contributed by atoms with Crippen LogP contribution in [0.5, 0.6) is 0 Å². The zero-order valence-corrected chi connectivity index (χ0v) is 14.7. The van der Waals surface area contributed by atoms with Crippen molar-refractivity contribution in [1.29, 1.82) is 0 Å². The minimum Gasteiger partial charge on any atom is -0.266 e. The molecule has 0 radical (unpaired) electrons. The molecule has 0 aliphatic carbocycles. The Morgan fingerprint density at radius 3 is 2.72 bits per heavy atom. The highest BCUT2D eigenvalue weighted by atomic mass is 35.5. The van der Waals surface area contributed by atoms with Gasteiger partial charge in [-0.25, -0.2) is 4.39 Å². The summed E-state index contributed by atoms with van der Waals surface area (Å²) in [6.07, 6.45) is 1.61. The first-order valence-electron chi connectivity index (χ1n) is 7.13. The van der Waals surface area contributed by atoms with E-state index in [0.717, 1.165) is 0 Å². The number of thiazole rings is 1. The third-order valence-electron chi connectivity index (χ3n) is 3.50. The van der Waals surface area contributed by atoms with Crippen molar-refractivity contribution >= 4 is 45.6 Å². The highest BCUT2D eigenvalue weighted by Crippen LogP contribution is 2.28. The van der Waals surface area contributed by atoms with Gasteiger partial charge in [-0.15, -0.1) is 5.10 Å². The lowest BCUT2D eigenvalue weighted by Gasteiger charge is -1.98. The molecule has 0 fully saturated rings. The second-order valence-electron chi connectivity index (χ2n) is 5.22. The zero-order chi connectivity index (χ0) is 17.6. The Morgan fingerprint density at radius 1 is 1.16 bits per heavy atom. The molecule has 25 heavy (non-hydrogen) atoms. The van der Waals surface area contributed by atoms with Crippen LogP contribution in [0.25, 0.3) is 22.4 Å². The summed E-state index contributed by atoms with van der Waals surface area (Å²) in [5, 5.41) is 5.15. The van der Waals surface area contributed by atoms with Crippen molar-refractivity contribution in [3.63, 3.8) is 0 Å². The van der Waals surface area contributed by atoms with Crippen molar-refractivity contribution in [1.82, 2.24) is 14.6 Å². The van der Waals surface area contributed by atoms with Crippen LogP contribution < -0.4 is 10.1 Å². The summed E-state index contributed by atoms with van der Waals surface area (Å²) in [6, 6.07) is 11.0. The molecular weight excluding hydrogens is 384 g/mol. The SMILES string of the molecule is O=c1c(=Cc2cccc(F)c2)sc2nc(-c3ccc(Cl)cc3Cl)nn12. The number of hydrogen-bond donors (Lipinski definition) is 0. The Bertz CT molecular complexity index is 1220. The summed E-state index contributed by atoms with van der Waals surface area (Å²) >= 11 is 13.2. The number of hydrogen-bond acceptors (Lipinski definition) is 4. The molecule has 0 saturated carbocycles. The molecule has 0 unspecified atom stereocenters. The number of fused-ring (bicyclic) bond motifs is 1. The van der Waals surface area contributed by atoms with Crippen molar-refractivity contribution < 1.29 is 4.39 Å². The fraction of sp³-hybridized carbons (Fsp3) is 0. The summed E-state index contributed by atoms with van der Waals surface area (Å²) in [4.78, 5) is 17.3. The Balaban J connectivity index is 1.83. The van der Waals surface area contributed by atoms with Gasteiger partial charge in [0.05, 0.1) is 9.55 Å². The maximum atomic E-state index is 13.3. The molecule has 0 aliphatic rings. The first kappa shape index (κ1) is 16.2. The maximum Gasteiger partial charge on any atom is 0.291 e. The smallest absolute Gasteiger partial charge is 0.266 e. The average molecular weight is 392 g/mol. The normalized spacial score (nSPS) is 12.2. The minimum atomic E-state index is -0.361. The average Bonchev–Trinajstić information content (AvgIpc) is 3.08. The Hall–Kier alpha value is -2.28. The van der Waals surface area contributed by atoms with Gasteiger partial charge in [-0.2, -0.15) is 9.50 Å². The first-order valence-corrected chi connectivity index (χ1v) is 8.71. The lowest BCUT2D eigenvalue weighted by atomic mass is 10.2. The van der Waals surface area contributed by atoms with Crippen LogP contribution >= 0.6 is 34.5 Å². The van der Waals surface area contributed by atoms with Crippen molar-refractivity contribution in [3.8, 4) is 11.4 Å². The van der Waals surface area contributed by atoms with E-state index in [4.69, 9.17) is 23.2 Å². The Labute approximate surface area is 154 Å². The standard InChI is InChI=1S/C17H8Cl2FN3OS/c18-10-4-5-12(13(19)8-10)15-21-17-23(22-15)16(24)14(25-17)7-9-2-1-3-11(20)6-9/h1-8H. The number of rotatable bonds is 2. The summed E-state index contributed by atoms with van der Waals surface area (Å²) in [6.45, 7) is 0. The van der Waals surface area contributed by atoms with E-state index in [-0.39, 0.29) is 11.4 Å². The van der Waals surface area contributed by atoms with Gasteiger partial charge in [-0.3, -0.25) is 4.79 Å². The van der Waals surface area contributed by atoms with Crippen LogP contribution in [0.3, 0.4) is 0 Å². The third-order valence-corrected chi connectivity index (χ3v) is 5.01. The molecular formula is C17H8Cl2FN3OS. The molecule has 0 atom stereocenters. The lowest BCUT2D eigenvalue weighted by molar-refractivity contribution is 0.627. The predicted octanol–water partition coefficient (Wildman–Crippen LogP) is 3.81. The molecule has 124 valence electrons. The second kappa shape index (κ2) is 6.22. The van der Waals surface area contributed by atoms with Crippen LogP contribution in [0.1, 0.15) is 5.56 Å². The van der Waals surface area contributed by atoms with Crippen molar-refractivity contribution in [2.24, 2.45) is 0 Å². The molecule has 2 aromatic carbocycles. The van der Waals surface area contributed by atoms with Crippen LogP contribution in [-0.4, -0.2) is 14.6 Å². The molecule has 0 saturated heterocycles. The monoisotopic (exact) mass is 391 g/mol. The van der Waals surface area contributed by atoms with Crippen molar-refractivity contribution in [2.75, 3.05) is 0 Å². The molecule has 4 aromatic rings. The molecule has 8 heteroatoms. The van der Waals surface area contributed by atoms with Crippen molar-refractivity contribution in [2.45, 2.75) is 0 Å². The molecule has 0 spiro atoms. The number of halogens is 3. The molecule has 0 aliphatic heterocycles. The van der Waals surface area contributed by atoms with E-state index >= 15 is 0 Å². The Kier molecular flexibility index (Phi) is 4.03. The topological polar surface area (TPSA) is 47.3 Å². The van der Waals surface area contributed by atoms with Gasteiger partial charge in [0.1, 0.15) is 5.82 Å². The van der Waals surface area contributed by atoms with E-state index < -0.39 is 0 Å². The molecule has 0 bridgehead atoms. The fourth-order valence-corrected chi connectivity index (χ4v) is 3.77. The van der Waals surface area contributed by atoms with Gasteiger partial charge in [0.25, 0.3) is 5.56 Å². The van der Waals surface area contributed by atoms with E-state index in [0.29, 0.717) is 36.5 Å². The van der Waals surface area contributed by atoms with Gasteiger partial charge >= 0.3 is 0 Å². The minimum absolute atomic E-state index is 0.312. The van der Waals surface area contributed by atoms with Gasteiger partial charge < -0.3 is 0 Å². The third kappa shape index (κ3) is 3.04. The van der Waals surface area contributed by atoms with Crippen LogP contribution in [-0.2, 0) is 0 Å². The predicted molar refractivity (Wildman–Crippen MR) is 97.8 cm³/mol. The highest BCUT2D eigenvalue weighted by molar-refractivity contribution is 7.15. The van der Waals surface area contributed by atoms with Gasteiger partial charge in [-0.1, -0.05) is 46.7 Å². The summed E-state index contributed by atoms with van der Waals surface area (Å²) in [5.74, 6) is -0.0114. The van der Waals surface area contributed by atoms with E-state index in [2.05, 4.69) is 10.1 Å². The van der Waals surface area contributed by atoms with E-state index in [9.17, 15) is 9.18 Å². The number of benzene rings is 2. The van der Waals surface area contributed by atoms with Gasteiger partial charge in [0.15, 0.2) is 5.82 Å². The fourth-order valence-electron chi connectivity index (χ4n) is 2.37. The van der Waals surface area contributed by atoms with E-state index in [1.54, 1.807) is 36.4 Å². The molecule has 2 aromatic heterocycles.